The summed E-state index contributed by atoms with van der Waals surface area (Å²) in [6.45, 7) is 7.48. The second-order valence-corrected chi connectivity index (χ2v) is 9.23. The molecule has 0 aromatic rings. The number of hydrogen-bond donors (Lipinski definition) is 2. The molecule has 0 bridgehead atoms. The zero-order valence-corrected chi connectivity index (χ0v) is 20.8. The molecule has 0 spiro atoms. The summed E-state index contributed by atoms with van der Waals surface area (Å²) in [5.74, 6) is 0. The first-order chi connectivity index (χ1) is 14.8. The van der Waals surface area contributed by atoms with Gasteiger partial charge < -0.3 is 24.6 Å². The molecule has 0 saturated carbocycles. The minimum absolute atomic E-state index is 0.0833. The van der Waals surface area contributed by atoms with Crippen molar-refractivity contribution in [1.82, 2.24) is 5.32 Å². The van der Waals surface area contributed by atoms with Crippen LogP contribution >= 0.6 is 0 Å². The fourth-order valence-electron chi connectivity index (χ4n) is 3.30. The Labute approximate surface area is 191 Å². The van der Waals surface area contributed by atoms with E-state index in [1.54, 1.807) is 27.9 Å². The summed E-state index contributed by atoms with van der Waals surface area (Å²) in [5.41, 5.74) is -0.599. The molecule has 6 heteroatoms. The van der Waals surface area contributed by atoms with Crippen LogP contribution in [0.15, 0.2) is 12.2 Å². The van der Waals surface area contributed by atoms with Crippen LogP contribution in [0.25, 0.3) is 0 Å². The normalized spacial score (nSPS) is 14.0. The molecule has 0 rings (SSSR count). The molecule has 0 radical (unpaired) electrons. The predicted molar refractivity (Wildman–Crippen MR) is 127 cm³/mol. The van der Waals surface area contributed by atoms with Crippen LogP contribution in [0.1, 0.15) is 105 Å². The van der Waals surface area contributed by atoms with Gasteiger partial charge in [-0.15, -0.1) is 0 Å². The van der Waals surface area contributed by atoms with E-state index in [9.17, 15) is 9.90 Å². The summed E-state index contributed by atoms with van der Waals surface area (Å²) in [6, 6.07) is -0.599. The predicted octanol–water partition coefficient (Wildman–Crippen LogP) is 6.12. The van der Waals surface area contributed by atoms with Gasteiger partial charge in [-0.25, -0.2) is 4.79 Å². The third kappa shape index (κ3) is 19.3. The number of hydrogen-bond acceptors (Lipinski definition) is 5. The molecule has 2 N–H and O–H groups in total. The molecule has 31 heavy (non-hydrogen) atoms. The Morgan fingerprint density at radius 2 is 1.52 bits per heavy atom. The molecule has 6 nitrogen and oxygen atoms in total. The molecule has 0 aromatic carbocycles. The molecule has 0 heterocycles. The topological polar surface area (TPSA) is 77.0 Å². The Bertz CT molecular complexity index is 448. The van der Waals surface area contributed by atoms with Gasteiger partial charge in [0.1, 0.15) is 18.5 Å². The van der Waals surface area contributed by atoms with Crippen molar-refractivity contribution >= 4 is 6.09 Å². The Hall–Kier alpha value is -1.11. The van der Waals surface area contributed by atoms with Crippen LogP contribution in [-0.4, -0.2) is 49.5 Å². The van der Waals surface area contributed by atoms with Crippen molar-refractivity contribution in [2.75, 3.05) is 20.5 Å². The van der Waals surface area contributed by atoms with Gasteiger partial charge in [0.05, 0.1) is 12.6 Å². The van der Waals surface area contributed by atoms with Crippen LogP contribution in [0, 0.1) is 0 Å². The summed E-state index contributed by atoms with van der Waals surface area (Å²) in [5, 5.41) is 12.4. The molecule has 0 aliphatic heterocycles. The van der Waals surface area contributed by atoms with Gasteiger partial charge in [-0.05, 0) is 33.6 Å². The third-order valence-corrected chi connectivity index (χ3v) is 4.97. The van der Waals surface area contributed by atoms with E-state index >= 15 is 0 Å². The van der Waals surface area contributed by atoms with Gasteiger partial charge >= 0.3 is 6.09 Å². The van der Waals surface area contributed by atoms with Gasteiger partial charge in [-0.2, -0.15) is 0 Å². The zero-order valence-electron chi connectivity index (χ0n) is 20.8. The lowest BCUT2D eigenvalue weighted by Gasteiger charge is -2.26. The number of carbonyl (C=O) groups excluding carboxylic acids is 1. The van der Waals surface area contributed by atoms with Gasteiger partial charge in [-0.3, -0.25) is 0 Å². The number of alkyl carbamates (subject to hydrolysis) is 1. The highest BCUT2D eigenvalue weighted by Gasteiger charge is 2.24. The molecule has 0 aromatic heterocycles. The van der Waals surface area contributed by atoms with Crippen molar-refractivity contribution in [1.29, 1.82) is 0 Å². The maximum Gasteiger partial charge on any atom is 0.408 e. The standard InChI is InChI=1S/C25H49NO5/c1-6-7-8-9-10-11-12-13-14-15-16-17-18-19-23(30-21-29-5)22(20-27)26-24(28)31-25(2,3)4/h18-19,22-23,27H,6-17,20-21H2,1-5H3,(H,26,28)/b19-18+/t22-,23+/m0/s1. The lowest BCUT2D eigenvalue weighted by Crippen LogP contribution is -2.48. The number of rotatable bonds is 19. The Kier molecular flexibility index (Phi) is 18.9. The number of unbranched alkanes of at least 4 members (excludes halogenated alkanes) is 11. The molecule has 0 aliphatic rings. The fraction of sp³-hybridized carbons (Fsp3) is 0.880. The van der Waals surface area contributed by atoms with Crippen LogP contribution in [0.4, 0.5) is 4.79 Å². The molecule has 1 amide bonds. The molecular weight excluding hydrogens is 394 g/mol. The maximum atomic E-state index is 12.0. The quantitative estimate of drug-likeness (QED) is 0.143. The van der Waals surface area contributed by atoms with Crippen molar-refractivity contribution in [3.05, 3.63) is 12.2 Å². The summed E-state index contributed by atoms with van der Waals surface area (Å²) in [4.78, 5) is 12.0. The van der Waals surface area contributed by atoms with Gasteiger partial charge in [0.2, 0.25) is 0 Å². The van der Waals surface area contributed by atoms with E-state index in [-0.39, 0.29) is 13.4 Å². The fourth-order valence-corrected chi connectivity index (χ4v) is 3.30. The number of allylic oxidation sites excluding steroid dienone is 1. The number of ether oxygens (including phenoxy) is 3. The molecule has 184 valence electrons. The largest absolute Gasteiger partial charge is 0.444 e. The van der Waals surface area contributed by atoms with Crippen molar-refractivity contribution in [3.63, 3.8) is 0 Å². The van der Waals surface area contributed by atoms with Crippen molar-refractivity contribution < 1.29 is 24.1 Å². The molecule has 0 aliphatic carbocycles. The lowest BCUT2D eigenvalue weighted by molar-refractivity contribution is -0.0713. The number of methoxy groups -OCH3 is 1. The highest BCUT2D eigenvalue weighted by Crippen LogP contribution is 2.13. The first-order valence-corrected chi connectivity index (χ1v) is 12.2. The van der Waals surface area contributed by atoms with Crippen LogP contribution in [0.3, 0.4) is 0 Å². The van der Waals surface area contributed by atoms with E-state index in [1.165, 1.54) is 64.2 Å². The molecule has 0 unspecified atom stereocenters. The molecular formula is C25H49NO5. The van der Waals surface area contributed by atoms with E-state index in [2.05, 4.69) is 18.3 Å². The van der Waals surface area contributed by atoms with Crippen LogP contribution in [0.2, 0.25) is 0 Å². The minimum atomic E-state index is -0.599. The zero-order chi connectivity index (χ0) is 23.4. The first kappa shape index (κ1) is 29.9. The van der Waals surface area contributed by atoms with Gasteiger partial charge in [0.15, 0.2) is 0 Å². The van der Waals surface area contributed by atoms with Crippen LogP contribution < -0.4 is 5.32 Å². The van der Waals surface area contributed by atoms with Crippen LogP contribution in [0.5, 0.6) is 0 Å². The van der Waals surface area contributed by atoms with Crippen molar-refractivity contribution in [2.24, 2.45) is 0 Å². The summed E-state index contributed by atoms with van der Waals surface area (Å²) in [7, 11) is 1.54. The number of nitrogens with one attached hydrogen (secondary N) is 1. The number of aliphatic hydroxyl groups is 1. The molecule has 2 atom stereocenters. The third-order valence-electron chi connectivity index (χ3n) is 4.97. The molecule has 0 saturated heterocycles. The average Bonchev–Trinajstić information content (AvgIpc) is 2.70. The van der Waals surface area contributed by atoms with Gasteiger partial charge in [-0.1, -0.05) is 83.3 Å². The maximum absolute atomic E-state index is 12.0. The number of aliphatic hydroxyl groups excluding tert-OH is 1. The Balaban J connectivity index is 4.15. The average molecular weight is 444 g/mol. The first-order valence-electron chi connectivity index (χ1n) is 12.2. The Morgan fingerprint density at radius 1 is 0.968 bits per heavy atom. The highest BCUT2D eigenvalue weighted by molar-refractivity contribution is 5.68. The van der Waals surface area contributed by atoms with Crippen LogP contribution in [-0.2, 0) is 14.2 Å². The summed E-state index contributed by atoms with van der Waals surface area (Å²) in [6.07, 6.45) is 18.4. The van der Waals surface area contributed by atoms with E-state index in [4.69, 9.17) is 14.2 Å². The molecule has 0 fully saturated rings. The van der Waals surface area contributed by atoms with Crippen molar-refractivity contribution in [2.45, 2.75) is 122 Å². The van der Waals surface area contributed by atoms with Gasteiger partial charge in [0.25, 0.3) is 0 Å². The van der Waals surface area contributed by atoms with E-state index < -0.39 is 23.8 Å². The van der Waals surface area contributed by atoms with E-state index in [0.29, 0.717) is 0 Å². The van der Waals surface area contributed by atoms with E-state index in [0.717, 1.165) is 12.8 Å². The SMILES string of the molecule is CCCCCCCCCCCCC/C=C/[C@@H](OCOC)[C@H](CO)NC(=O)OC(C)(C)C. The monoisotopic (exact) mass is 443 g/mol. The van der Waals surface area contributed by atoms with E-state index in [1.807, 2.05) is 6.08 Å². The highest BCUT2D eigenvalue weighted by atomic mass is 16.7. The Morgan fingerprint density at radius 3 is 2.00 bits per heavy atom. The number of amides is 1. The lowest BCUT2D eigenvalue weighted by atomic mass is 10.0. The second kappa shape index (κ2) is 19.6. The number of carbonyl (C=O) groups is 1. The van der Waals surface area contributed by atoms with Gasteiger partial charge in [0, 0.05) is 7.11 Å². The smallest absolute Gasteiger partial charge is 0.408 e. The summed E-state index contributed by atoms with van der Waals surface area (Å²) < 4.78 is 15.9. The second-order valence-electron chi connectivity index (χ2n) is 9.23. The summed E-state index contributed by atoms with van der Waals surface area (Å²) >= 11 is 0. The van der Waals surface area contributed by atoms with Crippen molar-refractivity contribution in [3.8, 4) is 0 Å². The minimum Gasteiger partial charge on any atom is -0.444 e.